The van der Waals surface area contributed by atoms with Crippen LogP contribution in [0.5, 0.6) is 0 Å². The van der Waals surface area contributed by atoms with Crippen molar-refractivity contribution in [3.63, 3.8) is 0 Å². The highest BCUT2D eigenvalue weighted by molar-refractivity contribution is 7.99. The first-order valence-electron chi connectivity index (χ1n) is 6.35. The standard InChI is InChI=1S/C16H16N2OS/c1-10-6-11(2)18-16(7-10)20-15-8-13(9-17)4-5-14(15)12(3)19/h4-8,12,19H,1-3H3. The molecule has 0 fully saturated rings. The van der Waals surface area contributed by atoms with Gasteiger partial charge < -0.3 is 5.11 Å². The molecule has 1 heterocycles. The van der Waals surface area contributed by atoms with Crippen molar-refractivity contribution in [3.8, 4) is 6.07 Å². The van der Waals surface area contributed by atoms with E-state index in [1.807, 2.05) is 26.0 Å². The Labute approximate surface area is 123 Å². The predicted octanol–water partition coefficient (Wildman–Crippen LogP) is 3.77. The van der Waals surface area contributed by atoms with E-state index in [0.717, 1.165) is 26.7 Å². The van der Waals surface area contributed by atoms with Crippen molar-refractivity contribution in [2.24, 2.45) is 0 Å². The van der Waals surface area contributed by atoms with Crippen molar-refractivity contribution < 1.29 is 5.11 Å². The number of aliphatic hydroxyl groups excluding tert-OH is 1. The van der Waals surface area contributed by atoms with E-state index < -0.39 is 6.10 Å². The quantitative estimate of drug-likeness (QED) is 0.932. The SMILES string of the molecule is Cc1cc(C)nc(Sc2cc(C#N)ccc2C(C)O)c1. The summed E-state index contributed by atoms with van der Waals surface area (Å²) in [4.78, 5) is 5.36. The first-order chi connectivity index (χ1) is 9.49. The number of pyridine rings is 1. The summed E-state index contributed by atoms with van der Waals surface area (Å²) in [6.45, 7) is 5.71. The summed E-state index contributed by atoms with van der Waals surface area (Å²) < 4.78 is 0. The van der Waals surface area contributed by atoms with Crippen molar-refractivity contribution >= 4 is 11.8 Å². The normalized spacial score (nSPS) is 11.9. The molecular formula is C16H16N2OS. The van der Waals surface area contributed by atoms with Gasteiger partial charge >= 0.3 is 0 Å². The van der Waals surface area contributed by atoms with Gasteiger partial charge in [0, 0.05) is 10.6 Å². The lowest BCUT2D eigenvalue weighted by Crippen LogP contribution is -1.96. The van der Waals surface area contributed by atoms with Gasteiger partial charge in [-0.1, -0.05) is 17.8 Å². The van der Waals surface area contributed by atoms with Crippen molar-refractivity contribution in [1.29, 1.82) is 5.26 Å². The minimum Gasteiger partial charge on any atom is -0.389 e. The third-order valence-corrected chi connectivity index (χ3v) is 3.87. The van der Waals surface area contributed by atoms with Crippen LogP contribution in [0, 0.1) is 25.2 Å². The summed E-state index contributed by atoms with van der Waals surface area (Å²) in [6.07, 6.45) is -0.573. The average Bonchev–Trinajstić information content (AvgIpc) is 2.37. The Morgan fingerprint density at radius 2 is 2.00 bits per heavy atom. The van der Waals surface area contributed by atoms with Gasteiger partial charge in [0.25, 0.3) is 0 Å². The topological polar surface area (TPSA) is 56.9 Å². The van der Waals surface area contributed by atoms with Crippen LogP contribution < -0.4 is 0 Å². The largest absolute Gasteiger partial charge is 0.389 e. The Balaban J connectivity index is 2.43. The molecule has 1 unspecified atom stereocenters. The molecule has 1 aromatic carbocycles. The molecule has 0 amide bonds. The van der Waals surface area contributed by atoms with Crippen molar-refractivity contribution in [2.45, 2.75) is 36.8 Å². The number of rotatable bonds is 3. The molecule has 2 aromatic rings. The van der Waals surface area contributed by atoms with Crippen LogP contribution >= 0.6 is 11.8 Å². The molecule has 0 aliphatic carbocycles. The van der Waals surface area contributed by atoms with Gasteiger partial charge in [0.05, 0.1) is 17.7 Å². The second-order valence-electron chi connectivity index (χ2n) is 4.77. The van der Waals surface area contributed by atoms with Crippen LogP contribution in [0.25, 0.3) is 0 Å². The van der Waals surface area contributed by atoms with Crippen LogP contribution in [0.3, 0.4) is 0 Å². The highest BCUT2D eigenvalue weighted by Gasteiger charge is 2.11. The zero-order valence-electron chi connectivity index (χ0n) is 11.7. The summed E-state index contributed by atoms with van der Waals surface area (Å²) in [7, 11) is 0. The van der Waals surface area contributed by atoms with E-state index in [-0.39, 0.29) is 0 Å². The molecule has 2 rings (SSSR count). The van der Waals surface area contributed by atoms with Crippen molar-refractivity contribution in [1.82, 2.24) is 4.98 Å². The van der Waals surface area contributed by atoms with Crippen molar-refractivity contribution in [2.75, 3.05) is 0 Å². The summed E-state index contributed by atoms with van der Waals surface area (Å²) in [5.41, 5.74) is 3.51. The number of hydrogen-bond donors (Lipinski definition) is 1. The predicted molar refractivity (Wildman–Crippen MR) is 79.6 cm³/mol. The average molecular weight is 284 g/mol. The summed E-state index contributed by atoms with van der Waals surface area (Å²) in [5.74, 6) is 0. The van der Waals surface area contributed by atoms with Gasteiger partial charge in [-0.2, -0.15) is 5.26 Å². The minimum absolute atomic E-state index is 0.573. The van der Waals surface area contributed by atoms with E-state index in [4.69, 9.17) is 5.26 Å². The van der Waals surface area contributed by atoms with Crippen LogP contribution in [0.4, 0.5) is 0 Å². The smallest absolute Gasteiger partial charge is 0.101 e. The Kier molecular flexibility index (Phi) is 4.43. The molecule has 1 atom stereocenters. The van der Waals surface area contributed by atoms with Gasteiger partial charge in [-0.05, 0) is 56.2 Å². The van der Waals surface area contributed by atoms with Crippen LogP contribution in [0.15, 0.2) is 40.3 Å². The molecule has 1 aromatic heterocycles. The molecular weight excluding hydrogens is 268 g/mol. The number of aliphatic hydroxyl groups is 1. The van der Waals surface area contributed by atoms with E-state index in [2.05, 4.69) is 11.1 Å². The van der Waals surface area contributed by atoms with Gasteiger partial charge in [-0.25, -0.2) is 4.98 Å². The second-order valence-corrected chi connectivity index (χ2v) is 5.83. The highest BCUT2D eigenvalue weighted by atomic mass is 32.2. The Bertz CT molecular complexity index is 654. The fourth-order valence-corrected chi connectivity index (χ4v) is 3.21. The summed E-state index contributed by atoms with van der Waals surface area (Å²) in [6, 6.07) is 11.5. The third kappa shape index (κ3) is 3.38. The van der Waals surface area contributed by atoms with Crippen molar-refractivity contribution in [3.05, 3.63) is 52.7 Å². The van der Waals surface area contributed by atoms with Gasteiger partial charge in [0.2, 0.25) is 0 Å². The van der Waals surface area contributed by atoms with Crippen LogP contribution in [-0.2, 0) is 0 Å². The fourth-order valence-electron chi connectivity index (χ4n) is 2.01. The number of nitriles is 1. The lowest BCUT2D eigenvalue weighted by Gasteiger charge is -2.12. The van der Waals surface area contributed by atoms with E-state index in [1.54, 1.807) is 25.1 Å². The monoisotopic (exact) mass is 284 g/mol. The zero-order valence-corrected chi connectivity index (χ0v) is 12.5. The number of benzene rings is 1. The highest BCUT2D eigenvalue weighted by Crippen LogP contribution is 2.33. The minimum atomic E-state index is -0.573. The van der Waals surface area contributed by atoms with Crippen LogP contribution in [0.2, 0.25) is 0 Å². The molecule has 0 spiro atoms. The first-order valence-corrected chi connectivity index (χ1v) is 7.16. The van der Waals surface area contributed by atoms with Crippen LogP contribution in [0.1, 0.15) is 35.4 Å². The second kappa shape index (κ2) is 6.08. The molecule has 1 N–H and O–H groups in total. The summed E-state index contributed by atoms with van der Waals surface area (Å²) in [5, 5.41) is 19.7. The van der Waals surface area contributed by atoms with E-state index in [1.165, 1.54) is 11.8 Å². The van der Waals surface area contributed by atoms with E-state index >= 15 is 0 Å². The maximum atomic E-state index is 9.84. The van der Waals surface area contributed by atoms with Gasteiger partial charge in [0.15, 0.2) is 0 Å². The third-order valence-electron chi connectivity index (χ3n) is 2.88. The molecule has 3 nitrogen and oxygen atoms in total. The lowest BCUT2D eigenvalue weighted by molar-refractivity contribution is 0.196. The molecule has 0 aliphatic heterocycles. The van der Waals surface area contributed by atoms with Crippen LogP contribution in [-0.4, -0.2) is 10.1 Å². The van der Waals surface area contributed by atoms with Gasteiger partial charge in [-0.3, -0.25) is 0 Å². The maximum absolute atomic E-state index is 9.84. The zero-order chi connectivity index (χ0) is 14.7. The summed E-state index contributed by atoms with van der Waals surface area (Å²) >= 11 is 1.48. The fraction of sp³-hybridized carbons (Fsp3) is 0.250. The molecule has 0 radical (unpaired) electrons. The van der Waals surface area contributed by atoms with Gasteiger partial charge in [0.1, 0.15) is 5.03 Å². The van der Waals surface area contributed by atoms with Gasteiger partial charge in [-0.15, -0.1) is 0 Å². The molecule has 102 valence electrons. The number of nitrogens with zero attached hydrogens (tertiary/aromatic N) is 2. The lowest BCUT2D eigenvalue weighted by atomic mass is 10.1. The Morgan fingerprint density at radius 3 is 2.60 bits per heavy atom. The molecule has 0 saturated carbocycles. The number of aryl methyl sites for hydroxylation is 2. The Morgan fingerprint density at radius 1 is 1.25 bits per heavy atom. The maximum Gasteiger partial charge on any atom is 0.101 e. The molecule has 4 heteroatoms. The first kappa shape index (κ1) is 14.6. The molecule has 20 heavy (non-hydrogen) atoms. The number of hydrogen-bond acceptors (Lipinski definition) is 4. The van der Waals surface area contributed by atoms with E-state index in [9.17, 15) is 5.11 Å². The van der Waals surface area contributed by atoms with E-state index in [0.29, 0.717) is 5.56 Å². The molecule has 0 aliphatic rings. The Hall–Kier alpha value is -1.83. The number of aromatic nitrogens is 1. The molecule has 0 saturated heterocycles. The molecule has 0 bridgehead atoms.